The Morgan fingerprint density at radius 3 is 2.75 bits per heavy atom. The van der Waals surface area contributed by atoms with Crippen LogP contribution in [-0.2, 0) is 0 Å². The van der Waals surface area contributed by atoms with Crippen molar-refractivity contribution in [3.05, 3.63) is 0 Å². The molecule has 0 radical (unpaired) electrons. The van der Waals surface area contributed by atoms with E-state index in [1.165, 1.54) is 0 Å². The van der Waals surface area contributed by atoms with Crippen molar-refractivity contribution < 1.29 is 5.11 Å². The van der Waals surface area contributed by atoms with Crippen LogP contribution in [0.2, 0.25) is 0 Å². The van der Waals surface area contributed by atoms with E-state index in [0.717, 1.165) is 19.3 Å². The van der Waals surface area contributed by atoms with Crippen molar-refractivity contribution in [1.29, 1.82) is 5.26 Å². The van der Waals surface area contributed by atoms with Gasteiger partial charge in [0, 0.05) is 6.54 Å². The third kappa shape index (κ3) is 2.80. The average Bonchev–Trinajstić information content (AvgIpc) is 2.88. The predicted molar refractivity (Wildman–Crippen MR) is 46.4 cm³/mol. The van der Waals surface area contributed by atoms with E-state index in [9.17, 15) is 5.11 Å². The van der Waals surface area contributed by atoms with E-state index >= 15 is 0 Å². The summed E-state index contributed by atoms with van der Waals surface area (Å²) in [7, 11) is 0. The highest BCUT2D eigenvalue weighted by atomic mass is 16.3. The van der Waals surface area contributed by atoms with Crippen LogP contribution in [0.3, 0.4) is 0 Å². The molecule has 2 unspecified atom stereocenters. The molecule has 2 atom stereocenters. The molecule has 12 heavy (non-hydrogen) atoms. The van der Waals surface area contributed by atoms with Crippen LogP contribution in [0.25, 0.3) is 0 Å². The number of hydrogen-bond acceptors (Lipinski definition) is 3. The van der Waals surface area contributed by atoms with Crippen molar-refractivity contribution in [2.75, 3.05) is 6.54 Å². The topological polar surface area (TPSA) is 56.0 Å². The maximum atomic E-state index is 9.46. The fraction of sp³-hybridized carbons (Fsp3) is 0.889. The molecular weight excluding hydrogens is 152 g/mol. The molecule has 0 aromatic rings. The Morgan fingerprint density at radius 2 is 2.33 bits per heavy atom. The van der Waals surface area contributed by atoms with Crippen LogP contribution >= 0.6 is 0 Å². The maximum Gasteiger partial charge on any atom is 0.0951 e. The van der Waals surface area contributed by atoms with E-state index in [1.54, 1.807) is 0 Å². The van der Waals surface area contributed by atoms with Crippen LogP contribution < -0.4 is 5.32 Å². The van der Waals surface area contributed by atoms with E-state index in [1.807, 2.05) is 6.92 Å². The molecule has 0 amide bonds. The first-order chi connectivity index (χ1) is 5.77. The Balaban J connectivity index is 2.10. The summed E-state index contributed by atoms with van der Waals surface area (Å²) in [6.07, 6.45) is 2.85. The summed E-state index contributed by atoms with van der Waals surface area (Å²) in [4.78, 5) is 0. The zero-order valence-electron chi connectivity index (χ0n) is 7.45. The van der Waals surface area contributed by atoms with Crippen LogP contribution in [0.5, 0.6) is 0 Å². The van der Waals surface area contributed by atoms with E-state index in [2.05, 4.69) is 11.4 Å². The smallest absolute Gasteiger partial charge is 0.0951 e. The van der Waals surface area contributed by atoms with Crippen LogP contribution in [0.15, 0.2) is 0 Å². The number of nitriles is 1. The summed E-state index contributed by atoms with van der Waals surface area (Å²) in [6.45, 7) is 2.53. The molecule has 1 fully saturated rings. The van der Waals surface area contributed by atoms with Gasteiger partial charge in [0.25, 0.3) is 0 Å². The molecular formula is C9H16N2O. The van der Waals surface area contributed by atoms with Crippen molar-refractivity contribution in [3.8, 4) is 6.07 Å². The molecule has 1 saturated carbocycles. The van der Waals surface area contributed by atoms with Crippen LogP contribution in [0.1, 0.15) is 26.2 Å². The van der Waals surface area contributed by atoms with Gasteiger partial charge in [0.2, 0.25) is 0 Å². The average molecular weight is 168 g/mol. The number of aliphatic hydroxyl groups is 1. The van der Waals surface area contributed by atoms with E-state index in [-0.39, 0.29) is 12.1 Å². The monoisotopic (exact) mass is 168 g/mol. The van der Waals surface area contributed by atoms with Crippen LogP contribution in [-0.4, -0.2) is 23.8 Å². The zero-order chi connectivity index (χ0) is 8.97. The van der Waals surface area contributed by atoms with Crippen molar-refractivity contribution in [2.24, 2.45) is 5.92 Å². The first-order valence-electron chi connectivity index (χ1n) is 4.59. The summed E-state index contributed by atoms with van der Waals surface area (Å²) in [5, 5.41) is 21.1. The van der Waals surface area contributed by atoms with Gasteiger partial charge in [-0.1, -0.05) is 6.92 Å². The zero-order valence-corrected chi connectivity index (χ0v) is 7.45. The SMILES string of the molecule is CCC(C#N)NCC(O)C1CC1. The normalized spacial score (nSPS) is 21.4. The van der Waals surface area contributed by atoms with E-state index in [0.29, 0.717) is 12.5 Å². The van der Waals surface area contributed by atoms with Gasteiger partial charge in [0.1, 0.15) is 0 Å². The third-order valence-electron chi connectivity index (χ3n) is 2.30. The van der Waals surface area contributed by atoms with Gasteiger partial charge < -0.3 is 5.11 Å². The third-order valence-corrected chi connectivity index (χ3v) is 2.30. The van der Waals surface area contributed by atoms with Gasteiger partial charge in [0.05, 0.1) is 18.2 Å². The molecule has 0 aromatic heterocycles. The Kier molecular flexibility index (Phi) is 3.51. The number of rotatable bonds is 5. The molecule has 3 nitrogen and oxygen atoms in total. The predicted octanol–water partition coefficient (Wildman–Crippen LogP) is 0.649. The fourth-order valence-electron chi connectivity index (χ4n) is 1.19. The van der Waals surface area contributed by atoms with E-state index in [4.69, 9.17) is 5.26 Å². The van der Waals surface area contributed by atoms with Crippen LogP contribution in [0.4, 0.5) is 0 Å². The standard InChI is InChI=1S/C9H16N2O/c1-2-8(5-10)11-6-9(12)7-3-4-7/h7-9,11-12H,2-4,6H2,1H3. The second kappa shape index (κ2) is 4.44. The van der Waals surface area contributed by atoms with Gasteiger partial charge in [-0.2, -0.15) is 5.26 Å². The van der Waals surface area contributed by atoms with Gasteiger partial charge >= 0.3 is 0 Å². The second-order valence-corrected chi connectivity index (χ2v) is 3.40. The quantitative estimate of drug-likeness (QED) is 0.633. The highest BCUT2D eigenvalue weighted by molar-refractivity contribution is 4.90. The lowest BCUT2D eigenvalue weighted by Gasteiger charge is -2.13. The van der Waals surface area contributed by atoms with Crippen LogP contribution in [0, 0.1) is 17.2 Å². The molecule has 0 heterocycles. The molecule has 68 valence electrons. The number of nitrogens with zero attached hydrogens (tertiary/aromatic N) is 1. The lowest BCUT2D eigenvalue weighted by Crippen LogP contribution is -2.35. The first-order valence-corrected chi connectivity index (χ1v) is 4.59. The Hall–Kier alpha value is -0.590. The number of hydrogen-bond donors (Lipinski definition) is 2. The van der Waals surface area contributed by atoms with E-state index < -0.39 is 0 Å². The minimum atomic E-state index is -0.243. The lowest BCUT2D eigenvalue weighted by atomic mass is 10.2. The Morgan fingerprint density at radius 1 is 1.67 bits per heavy atom. The number of aliphatic hydroxyl groups excluding tert-OH is 1. The molecule has 0 bridgehead atoms. The Labute approximate surface area is 73.4 Å². The fourth-order valence-corrected chi connectivity index (χ4v) is 1.19. The van der Waals surface area contributed by atoms with Gasteiger partial charge in [0.15, 0.2) is 0 Å². The summed E-state index contributed by atoms with van der Waals surface area (Å²) in [5.74, 6) is 0.494. The Bertz CT molecular complexity index is 172. The summed E-state index contributed by atoms with van der Waals surface area (Å²) >= 11 is 0. The lowest BCUT2D eigenvalue weighted by molar-refractivity contribution is 0.146. The highest BCUT2D eigenvalue weighted by Crippen LogP contribution is 2.32. The molecule has 1 aliphatic carbocycles. The minimum Gasteiger partial charge on any atom is -0.392 e. The first kappa shape index (κ1) is 9.50. The van der Waals surface area contributed by atoms with Gasteiger partial charge in [-0.05, 0) is 25.2 Å². The van der Waals surface area contributed by atoms with Gasteiger partial charge in [-0.15, -0.1) is 0 Å². The van der Waals surface area contributed by atoms with Crippen molar-refractivity contribution in [3.63, 3.8) is 0 Å². The van der Waals surface area contributed by atoms with Gasteiger partial charge in [-0.25, -0.2) is 0 Å². The van der Waals surface area contributed by atoms with Gasteiger partial charge in [-0.3, -0.25) is 5.32 Å². The highest BCUT2D eigenvalue weighted by Gasteiger charge is 2.29. The minimum absolute atomic E-state index is 0.0987. The largest absolute Gasteiger partial charge is 0.392 e. The van der Waals surface area contributed by atoms with Crippen molar-refractivity contribution >= 4 is 0 Å². The molecule has 0 saturated heterocycles. The van der Waals surface area contributed by atoms with Crippen molar-refractivity contribution in [2.45, 2.75) is 38.3 Å². The molecule has 0 aliphatic heterocycles. The molecule has 0 aromatic carbocycles. The summed E-state index contributed by atoms with van der Waals surface area (Å²) in [6, 6.07) is 2.05. The molecule has 2 N–H and O–H groups in total. The molecule has 1 aliphatic rings. The summed E-state index contributed by atoms with van der Waals surface area (Å²) < 4.78 is 0. The van der Waals surface area contributed by atoms with Crippen molar-refractivity contribution in [1.82, 2.24) is 5.32 Å². The second-order valence-electron chi connectivity index (χ2n) is 3.40. The summed E-state index contributed by atoms with van der Waals surface area (Å²) in [5.41, 5.74) is 0. The molecule has 1 rings (SSSR count). The maximum absolute atomic E-state index is 9.46. The molecule has 3 heteroatoms. The number of nitrogens with one attached hydrogen (secondary N) is 1. The molecule has 0 spiro atoms.